The average Bonchev–Trinajstić information content (AvgIpc) is 3.00. The maximum Gasteiger partial charge on any atom is 0.178 e. The Morgan fingerprint density at radius 1 is 1.10 bits per heavy atom. The van der Waals surface area contributed by atoms with Gasteiger partial charge in [-0.2, -0.15) is 0 Å². The first kappa shape index (κ1) is 11.5. The van der Waals surface area contributed by atoms with E-state index in [0.29, 0.717) is 5.65 Å². The minimum Gasteiger partial charge on any atom is -0.336 e. The van der Waals surface area contributed by atoms with Gasteiger partial charge >= 0.3 is 0 Å². The average molecular weight is 283 g/mol. The van der Waals surface area contributed by atoms with Crippen molar-refractivity contribution in [2.24, 2.45) is 0 Å². The highest BCUT2D eigenvalue weighted by molar-refractivity contribution is 7.22. The zero-order valence-electron chi connectivity index (χ0n) is 10.6. The van der Waals surface area contributed by atoms with Crippen molar-refractivity contribution in [1.82, 2.24) is 15.0 Å². The summed E-state index contributed by atoms with van der Waals surface area (Å²) >= 11 is 1.52. The van der Waals surface area contributed by atoms with E-state index in [1.54, 1.807) is 12.1 Å². The molecule has 0 aliphatic carbocycles. The van der Waals surface area contributed by atoms with Crippen LogP contribution in [0.25, 0.3) is 32.0 Å². The highest BCUT2D eigenvalue weighted by Gasteiger charge is 2.10. The van der Waals surface area contributed by atoms with Crippen molar-refractivity contribution in [3.05, 3.63) is 47.9 Å². The minimum absolute atomic E-state index is 0.215. The van der Waals surface area contributed by atoms with Crippen molar-refractivity contribution in [1.29, 1.82) is 0 Å². The number of fused-ring (bicyclic) bond motifs is 2. The molecule has 1 aromatic carbocycles. The van der Waals surface area contributed by atoms with Crippen molar-refractivity contribution in [3.63, 3.8) is 0 Å². The number of halogens is 1. The number of thiophene rings is 1. The molecule has 0 atom stereocenters. The second-order valence-corrected chi connectivity index (χ2v) is 5.79. The molecule has 0 aliphatic rings. The van der Waals surface area contributed by atoms with Crippen LogP contribution < -0.4 is 0 Å². The Balaban J connectivity index is 1.91. The Morgan fingerprint density at radius 2 is 2.00 bits per heavy atom. The van der Waals surface area contributed by atoms with Gasteiger partial charge in [-0.3, -0.25) is 0 Å². The molecule has 0 fully saturated rings. The van der Waals surface area contributed by atoms with Crippen molar-refractivity contribution in [2.45, 2.75) is 6.92 Å². The number of benzene rings is 1. The summed E-state index contributed by atoms with van der Waals surface area (Å²) in [6, 6.07) is 10.8. The van der Waals surface area contributed by atoms with Gasteiger partial charge in [-0.25, -0.2) is 14.4 Å². The topological polar surface area (TPSA) is 41.6 Å². The predicted molar refractivity (Wildman–Crippen MR) is 79.4 cm³/mol. The molecule has 1 N–H and O–H groups in total. The maximum atomic E-state index is 13.2. The first-order chi connectivity index (χ1) is 9.69. The molecule has 3 heterocycles. The number of nitrogens with zero attached hydrogens (tertiary/aromatic N) is 2. The number of H-pyrrole nitrogens is 1. The number of rotatable bonds is 1. The quantitative estimate of drug-likeness (QED) is 0.566. The zero-order chi connectivity index (χ0) is 13.7. The third-order valence-corrected chi connectivity index (χ3v) is 4.31. The van der Waals surface area contributed by atoms with Gasteiger partial charge in [0.05, 0.1) is 10.4 Å². The molecule has 4 aromatic rings. The van der Waals surface area contributed by atoms with Crippen LogP contribution in [0.3, 0.4) is 0 Å². The molecule has 0 spiro atoms. The molecule has 4 rings (SSSR count). The summed E-state index contributed by atoms with van der Waals surface area (Å²) in [6.45, 7) is 1.94. The largest absolute Gasteiger partial charge is 0.336 e. The molecule has 0 bridgehead atoms. The monoisotopic (exact) mass is 283 g/mol. The van der Waals surface area contributed by atoms with Crippen LogP contribution in [-0.2, 0) is 0 Å². The smallest absolute Gasteiger partial charge is 0.178 e. The van der Waals surface area contributed by atoms with Crippen LogP contribution in [0, 0.1) is 12.7 Å². The van der Waals surface area contributed by atoms with Crippen LogP contribution in [0.1, 0.15) is 5.69 Å². The summed E-state index contributed by atoms with van der Waals surface area (Å²) < 4.78 is 14.2. The first-order valence-corrected chi connectivity index (χ1v) is 7.03. The van der Waals surface area contributed by atoms with Crippen LogP contribution in [0.2, 0.25) is 0 Å². The normalized spacial score (nSPS) is 11.5. The second kappa shape index (κ2) is 4.11. The molecule has 0 saturated heterocycles. The number of nitrogens with one attached hydrogen (secondary N) is 1. The predicted octanol–water partition coefficient (Wildman–Crippen LogP) is 4.29. The van der Waals surface area contributed by atoms with Gasteiger partial charge in [-0.15, -0.1) is 11.3 Å². The molecule has 98 valence electrons. The van der Waals surface area contributed by atoms with E-state index < -0.39 is 0 Å². The van der Waals surface area contributed by atoms with E-state index >= 15 is 0 Å². The van der Waals surface area contributed by atoms with Gasteiger partial charge in [-0.05, 0) is 42.6 Å². The minimum atomic E-state index is -0.215. The van der Waals surface area contributed by atoms with Crippen molar-refractivity contribution in [3.8, 4) is 10.7 Å². The van der Waals surface area contributed by atoms with Gasteiger partial charge in [0, 0.05) is 10.4 Å². The summed E-state index contributed by atoms with van der Waals surface area (Å²) in [5.41, 5.74) is 2.56. The van der Waals surface area contributed by atoms with Gasteiger partial charge in [-0.1, -0.05) is 6.07 Å². The Morgan fingerprint density at radius 3 is 2.90 bits per heavy atom. The molecule has 5 heteroatoms. The zero-order valence-corrected chi connectivity index (χ0v) is 11.5. The van der Waals surface area contributed by atoms with Crippen LogP contribution in [0.5, 0.6) is 0 Å². The number of pyridine rings is 1. The van der Waals surface area contributed by atoms with E-state index in [0.717, 1.165) is 32.0 Å². The van der Waals surface area contributed by atoms with Gasteiger partial charge in [0.2, 0.25) is 0 Å². The molecule has 0 amide bonds. The van der Waals surface area contributed by atoms with Crippen molar-refractivity contribution in [2.75, 3.05) is 0 Å². The number of aromatic nitrogens is 3. The van der Waals surface area contributed by atoms with Crippen molar-refractivity contribution >= 4 is 32.6 Å². The molecule has 0 unspecified atom stereocenters. The van der Waals surface area contributed by atoms with E-state index in [1.165, 1.54) is 17.4 Å². The fourth-order valence-electron chi connectivity index (χ4n) is 2.23. The standard InChI is InChI=1S/C15H10FN3S/c1-8-2-5-11-14(17-8)19-15(18-11)13-6-9-3-4-10(16)7-12(9)20-13/h2-7H,1H3,(H,17,18,19). The summed E-state index contributed by atoms with van der Waals surface area (Å²) in [5.74, 6) is 0.563. The van der Waals surface area contributed by atoms with E-state index in [9.17, 15) is 4.39 Å². The van der Waals surface area contributed by atoms with E-state index in [4.69, 9.17) is 0 Å². The maximum absolute atomic E-state index is 13.2. The second-order valence-electron chi connectivity index (χ2n) is 4.70. The van der Waals surface area contributed by atoms with Gasteiger partial charge in [0.1, 0.15) is 5.82 Å². The number of aromatic amines is 1. The van der Waals surface area contributed by atoms with E-state index in [1.807, 2.05) is 25.1 Å². The first-order valence-electron chi connectivity index (χ1n) is 6.22. The van der Waals surface area contributed by atoms with Crippen molar-refractivity contribution < 1.29 is 4.39 Å². The molecule has 3 nitrogen and oxygen atoms in total. The lowest BCUT2D eigenvalue weighted by Gasteiger charge is -1.88. The van der Waals surface area contributed by atoms with Gasteiger partial charge < -0.3 is 4.98 Å². The third kappa shape index (κ3) is 1.78. The molecule has 0 aliphatic heterocycles. The van der Waals surface area contributed by atoms with Crippen LogP contribution in [0.15, 0.2) is 36.4 Å². The number of imidazole rings is 1. The number of hydrogen-bond donors (Lipinski definition) is 1. The Labute approximate surface area is 118 Å². The van der Waals surface area contributed by atoms with Gasteiger partial charge in [0.25, 0.3) is 0 Å². The SMILES string of the molecule is Cc1ccc2[nH]c(-c3cc4ccc(F)cc4s3)nc2n1. The summed E-state index contributed by atoms with van der Waals surface area (Å²) in [6.07, 6.45) is 0. The molecule has 3 aromatic heterocycles. The fraction of sp³-hybridized carbons (Fsp3) is 0.0667. The fourth-order valence-corrected chi connectivity index (χ4v) is 3.26. The number of hydrogen-bond acceptors (Lipinski definition) is 3. The Kier molecular flexibility index (Phi) is 2.37. The Bertz CT molecular complexity index is 861. The lowest BCUT2D eigenvalue weighted by Crippen LogP contribution is -1.80. The Hall–Kier alpha value is -2.27. The molecule has 20 heavy (non-hydrogen) atoms. The van der Waals surface area contributed by atoms with Crippen LogP contribution >= 0.6 is 11.3 Å². The molecular formula is C15H10FN3S. The van der Waals surface area contributed by atoms with Gasteiger partial charge in [0.15, 0.2) is 11.5 Å². The van der Waals surface area contributed by atoms with E-state index in [2.05, 4.69) is 15.0 Å². The molecular weight excluding hydrogens is 273 g/mol. The number of aryl methyl sites for hydroxylation is 1. The van der Waals surface area contributed by atoms with E-state index in [-0.39, 0.29) is 5.82 Å². The summed E-state index contributed by atoms with van der Waals surface area (Å²) in [5, 5.41) is 1.02. The third-order valence-electron chi connectivity index (χ3n) is 3.20. The highest BCUT2D eigenvalue weighted by Crippen LogP contribution is 2.33. The van der Waals surface area contributed by atoms with Crippen LogP contribution in [-0.4, -0.2) is 15.0 Å². The highest BCUT2D eigenvalue weighted by atomic mass is 32.1. The lowest BCUT2D eigenvalue weighted by atomic mass is 10.2. The molecule has 0 radical (unpaired) electrons. The lowest BCUT2D eigenvalue weighted by molar-refractivity contribution is 0.630. The van der Waals surface area contributed by atoms with Crippen LogP contribution in [0.4, 0.5) is 4.39 Å². The summed E-state index contributed by atoms with van der Waals surface area (Å²) in [4.78, 5) is 13.1. The molecule has 0 saturated carbocycles. The summed E-state index contributed by atoms with van der Waals surface area (Å²) in [7, 11) is 0.